The lowest BCUT2D eigenvalue weighted by molar-refractivity contribution is 0.0855. The van der Waals surface area contributed by atoms with Crippen molar-refractivity contribution in [1.29, 1.82) is 0 Å². The van der Waals surface area contributed by atoms with Crippen LogP contribution < -0.4 is 0 Å². The van der Waals surface area contributed by atoms with Gasteiger partial charge in [-0.1, -0.05) is 15.9 Å². The summed E-state index contributed by atoms with van der Waals surface area (Å²) in [5.74, 6) is 0.130. The van der Waals surface area contributed by atoms with E-state index in [0.29, 0.717) is 11.4 Å². The molecule has 19 heavy (non-hydrogen) atoms. The van der Waals surface area contributed by atoms with Gasteiger partial charge in [-0.15, -0.1) is 0 Å². The molecule has 1 aromatic carbocycles. The standard InChI is InChI=1S/C13H18BrNO3S/c14-11-1-3-13(4-2-11)19(17,18)10-9-15-7-5-12(16)6-8-15/h1-4,12,16H,5-10H2. The van der Waals surface area contributed by atoms with E-state index in [1.165, 1.54) is 0 Å². The third-order valence-electron chi connectivity index (χ3n) is 3.41. The van der Waals surface area contributed by atoms with Gasteiger partial charge in [0.1, 0.15) is 0 Å². The third-order valence-corrected chi connectivity index (χ3v) is 5.65. The van der Waals surface area contributed by atoms with Gasteiger partial charge >= 0.3 is 0 Å². The third kappa shape index (κ3) is 4.27. The van der Waals surface area contributed by atoms with Crippen LogP contribution in [-0.2, 0) is 9.84 Å². The highest BCUT2D eigenvalue weighted by atomic mass is 79.9. The number of aliphatic hydroxyl groups excluding tert-OH is 1. The molecule has 106 valence electrons. The second-order valence-corrected chi connectivity index (χ2v) is 7.87. The largest absolute Gasteiger partial charge is 0.393 e. The number of likely N-dealkylation sites (tertiary alicyclic amines) is 1. The minimum atomic E-state index is -3.21. The monoisotopic (exact) mass is 347 g/mol. The lowest BCUT2D eigenvalue weighted by Gasteiger charge is -2.29. The highest BCUT2D eigenvalue weighted by molar-refractivity contribution is 9.10. The van der Waals surface area contributed by atoms with Crippen LogP contribution >= 0.6 is 15.9 Å². The summed E-state index contributed by atoms with van der Waals surface area (Å²) in [6.07, 6.45) is 1.25. The molecule has 2 rings (SSSR count). The van der Waals surface area contributed by atoms with Crippen LogP contribution in [0.5, 0.6) is 0 Å². The van der Waals surface area contributed by atoms with E-state index < -0.39 is 9.84 Å². The first-order valence-corrected chi connectivity index (χ1v) is 8.81. The summed E-state index contributed by atoms with van der Waals surface area (Å²) in [4.78, 5) is 2.47. The minimum Gasteiger partial charge on any atom is -0.393 e. The number of benzene rings is 1. The van der Waals surface area contributed by atoms with Crippen LogP contribution in [-0.4, -0.2) is 49.9 Å². The molecule has 0 amide bonds. The summed E-state index contributed by atoms with van der Waals surface area (Å²) in [5.41, 5.74) is 0. The molecule has 1 aliphatic rings. The van der Waals surface area contributed by atoms with Gasteiger partial charge in [-0.25, -0.2) is 8.42 Å². The average molecular weight is 348 g/mol. The van der Waals surface area contributed by atoms with Crippen LogP contribution in [0.25, 0.3) is 0 Å². The fraction of sp³-hybridized carbons (Fsp3) is 0.538. The summed E-state index contributed by atoms with van der Waals surface area (Å²) >= 11 is 3.29. The normalized spacial score (nSPS) is 18.6. The minimum absolute atomic E-state index is 0.130. The number of rotatable bonds is 4. The van der Waals surface area contributed by atoms with Gasteiger partial charge in [0.25, 0.3) is 0 Å². The molecule has 0 atom stereocenters. The van der Waals surface area contributed by atoms with E-state index in [9.17, 15) is 13.5 Å². The molecule has 0 radical (unpaired) electrons. The maximum atomic E-state index is 12.2. The number of halogens is 1. The van der Waals surface area contributed by atoms with Gasteiger partial charge in [0.15, 0.2) is 9.84 Å². The van der Waals surface area contributed by atoms with E-state index in [1.54, 1.807) is 24.3 Å². The highest BCUT2D eigenvalue weighted by Gasteiger charge is 2.20. The number of piperidine rings is 1. The van der Waals surface area contributed by atoms with Crippen molar-refractivity contribution in [2.75, 3.05) is 25.4 Å². The second-order valence-electron chi connectivity index (χ2n) is 4.85. The molecule has 1 aliphatic heterocycles. The Labute approximate surface area is 122 Å². The number of nitrogens with zero attached hydrogens (tertiary/aromatic N) is 1. The van der Waals surface area contributed by atoms with Gasteiger partial charge in [-0.2, -0.15) is 0 Å². The first-order chi connectivity index (χ1) is 8.97. The predicted octanol–water partition coefficient (Wildman–Crippen LogP) is 1.68. The van der Waals surface area contributed by atoms with E-state index in [4.69, 9.17) is 0 Å². The van der Waals surface area contributed by atoms with Gasteiger partial charge in [0.05, 0.1) is 16.8 Å². The molecule has 1 N–H and O–H groups in total. The maximum absolute atomic E-state index is 12.2. The molecule has 1 saturated heterocycles. The molecule has 1 fully saturated rings. The molecular formula is C13H18BrNO3S. The van der Waals surface area contributed by atoms with Crippen molar-refractivity contribution in [2.45, 2.75) is 23.8 Å². The van der Waals surface area contributed by atoms with Crippen LogP contribution in [0, 0.1) is 0 Å². The molecule has 1 heterocycles. The Morgan fingerprint density at radius 2 is 1.79 bits per heavy atom. The van der Waals surface area contributed by atoms with Crippen LogP contribution in [0.3, 0.4) is 0 Å². The molecule has 0 saturated carbocycles. The SMILES string of the molecule is O=S(=O)(CCN1CCC(O)CC1)c1ccc(Br)cc1. The van der Waals surface area contributed by atoms with Crippen molar-refractivity contribution in [3.63, 3.8) is 0 Å². The molecule has 0 spiro atoms. The first-order valence-electron chi connectivity index (χ1n) is 6.36. The van der Waals surface area contributed by atoms with Gasteiger partial charge in [-0.05, 0) is 37.1 Å². The Balaban J connectivity index is 1.92. The van der Waals surface area contributed by atoms with E-state index in [2.05, 4.69) is 20.8 Å². The van der Waals surface area contributed by atoms with E-state index in [1.807, 2.05) is 0 Å². The Kier molecular flexibility index (Phi) is 5.00. The summed E-state index contributed by atoms with van der Waals surface area (Å²) in [5, 5.41) is 9.41. The van der Waals surface area contributed by atoms with Crippen molar-refractivity contribution in [3.8, 4) is 0 Å². The van der Waals surface area contributed by atoms with E-state index >= 15 is 0 Å². The molecule has 4 nitrogen and oxygen atoms in total. The smallest absolute Gasteiger partial charge is 0.179 e. The molecule has 0 bridgehead atoms. The fourth-order valence-electron chi connectivity index (χ4n) is 2.15. The molecule has 6 heteroatoms. The first kappa shape index (κ1) is 15.0. The van der Waals surface area contributed by atoms with Gasteiger partial charge in [0, 0.05) is 24.1 Å². The zero-order valence-electron chi connectivity index (χ0n) is 10.6. The highest BCUT2D eigenvalue weighted by Crippen LogP contribution is 2.17. The molecule has 0 unspecified atom stereocenters. The van der Waals surface area contributed by atoms with E-state index in [0.717, 1.165) is 30.4 Å². The quantitative estimate of drug-likeness (QED) is 0.900. The van der Waals surface area contributed by atoms with Gasteiger partial charge < -0.3 is 10.0 Å². The van der Waals surface area contributed by atoms with Gasteiger partial charge in [0.2, 0.25) is 0 Å². The summed E-state index contributed by atoms with van der Waals surface area (Å²) < 4.78 is 25.2. The Bertz CT molecular complexity index is 507. The fourth-order valence-corrected chi connectivity index (χ4v) is 3.70. The number of aliphatic hydroxyl groups is 1. The number of hydrogen-bond acceptors (Lipinski definition) is 4. The summed E-state index contributed by atoms with van der Waals surface area (Å²) in [7, 11) is -3.21. The zero-order chi connectivity index (χ0) is 13.9. The molecule has 0 aromatic heterocycles. The molecular weight excluding hydrogens is 330 g/mol. The van der Waals surface area contributed by atoms with Gasteiger partial charge in [-0.3, -0.25) is 0 Å². The molecule has 0 aliphatic carbocycles. The topological polar surface area (TPSA) is 57.6 Å². The number of hydrogen-bond donors (Lipinski definition) is 1. The van der Waals surface area contributed by atoms with E-state index in [-0.39, 0.29) is 11.9 Å². The summed E-state index contributed by atoms with van der Waals surface area (Å²) in [6.45, 7) is 2.08. The van der Waals surface area contributed by atoms with Crippen molar-refractivity contribution < 1.29 is 13.5 Å². The van der Waals surface area contributed by atoms with Crippen LogP contribution in [0.2, 0.25) is 0 Å². The lowest BCUT2D eigenvalue weighted by atomic mass is 10.1. The summed E-state index contributed by atoms with van der Waals surface area (Å²) in [6, 6.07) is 6.73. The van der Waals surface area contributed by atoms with Crippen LogP contribution in [0.4, 0.5) is 0 Å². The van der Waals surface area contributed by atoms with Crippen molar-refractivity contribution in [2.24, 2.45) is 0 Å². The van der Waals surface area contributed by atoms with Crippen molar-refractivity contribution in [3.05, 3.63) is 28.7 Å². The van der Waals surface area contributed by atoms with Crippen molar-refractivity contribution >= 4 is 25.8 Å². The molecule has 1 aromatic rings. The lowest BCUT2D eigenvalue weighted by Crippen LogP contribution is -2.38. The number of sulfone groups is 1. The van der Waals surface area contributed by atoms with Crippen LogP contribution in [0.15, 0.2) is 33.6 Å². The second kappa shape index (κ2) is 6.35. The Morgan fingerprint density at radius 3 is 2.37 bits per heavy atom. The van der Waals surface area contributed by atoms with Crippen molar-refractivity contribution in [1.82, 2.24) is 4.90 Å². The average Bonchev–Trinajstić information content (AvgIpc) is 2.39. The predicted molar refractivity (Wildman–Crippen MR) is 77.9 cm³/mol. The maximum Gasteiger partial charge on any atom is 0.179 e. The Hall–Kier alpha value is -0.430. The zero-order valence-corrected chi connectivity index (χ0v) is 13.0. The Morgan fingerprint density at radius 1 is 1.21 bits per heavy atom. The van der Waals surface area contributed by atoms with Crippen LogP contribution in [0.1, 0.15) is 12.8 Å².